The molecule has 2 aromatic carbocycles. The highest BCUT2D eigenvalue weighted by molar-refractivity contribution is 7.11. The molecule has 0 unspecified atom stereocenters. The van der Waals surface area contributed by atoms with E-state index in [1.54, 1.807) is 18.4 Å². The standard InChI is InChI=1S/C23H23NO3S/c1-3-12-27-18-10-6-15(7-11-18)19-13-21(25)24-22-20(14-28-23(19)22)16-4-8-17(26-2)9-5-16/h4-11,14,19H,3,12-13H2,1-2H3,(H,24,25)/t19-/m0/s1. The Morgan fingerprint density at radius 2 is 1.79 bits per heavy atom. The van der Waals surface area contributed by atoms with Gasteiger partial charge in [-0.1, -0.05) is 31.2 Å². The normalized spacial score (nSPS) is 15.6. The molecule has 1 amide bonds. The van der Waals surface area contributed by atoms with Crippen LogP contribution in [0.3, 0.4) is 0 Å². The number of anilines is 1. The number of benzene rings is 2. The van der Waals surface area contributed by atoms with Crippen LogP contribution in [0.4, 0.5) is 5.69 Å². The third kappa shape index (κ3) is 3.62. The van der Waals surface area contributed by atoms with Gasteiger partial charge >= 0.3 is 0 Å². The average Bonchev–Trinajstić information content (AvgIpc) is 3.16. The van der Waals surface area contributed by atoms with Gasteiger partial charge in [-0.05, 0) is 41.8 Å². The van der Waals surface area contributed by atoms with Gasteiger partial charge in [-0.3, -0.25) is 4.79 Å². The topological polar surface area (TPSA) is 47.6 Å². The smallest absolute Gasteiger partial charge is 0.225 e. The molecule has 1 aliphatic heterocycles. The molecular weight excluding hydrogens is 370 g/mol. The summed E-state index contributed by atoms with van der Waals surface area (Å²) in [5, 5.41) is 5.22. The van der Waals surface area contributed by atoms with Crippen LogP contribution in [0.25, 0.3) is 11.1 Å². The second kappa shape index (κ2) is 8.07. The molecule has 0 radical (unpaired) electrons. The lowest BCUT2D eigenvalue weighted by Gasteiger charge is -2.24. The minimum atomic E-state index is 0.0528. The number of hydrogen-bond acceptors (Lipinski definition) is 4. The Hall–Kier alpha value is -2.79. The minimum Gasteiger partial charge on any atom is -0.497 e. The van der Waals surface area contributed by atoms with Crippen LogP contribution in [0, 0.1) is 0 Å². The van der Waals surface area contributed by atoms with Crippen molar-refractivity contribution in [2.75, 3.05) is 19.0 Å². The third-order valence-electron chi connectivity index (χ3n) is 4.95. The van der Waals surface area contributed by atoms with Gasteiger partial charge in [0.1, 0.15) is 11.5 Å². The molecule has 3 aromatic rings. The molecule has 2 heterocycles. The Bertz CT molecular complexity index is 961. The molecule has 1 aliphatic rings. The van der Waals surface area contributed by atoms with Crippen molar-refractivity contribution in [3.05, 3.63) is 64.4 Å². The number of hydrogen-bond donors (Lipinski definition) is 1. The number of ether oxygens (including phenoxy) is 2. The van der Waals surface area contributed by atoms with Crippen molar-refractivity contribution in [1.82, 2.24) is 0 Å². The number of carbonyl (C=O) groups is 1. The number of methoxy groups -OCH3 is 1. The Morgan fingerprint density at radius 3 is 2.46 bits per heavy atom. The summed E-state index contributed by atoms with van der Waals surface area (Å²) in [6.07, 6.45) is 1.45. The summed E-state index contributed by atoms with van der Waals surface area (Å²) in [6, 6.07) is 16.1. The molecule has 5 heteroatoms. The van der Waals surface area contributed by atoms with Crippen LogP contribution in [-0.2, 0) is 4.79 Å². The zero-order chi connectivity index (χ0) is 19.5. The molecule has 4 nitrogen and oxygen atoms in total. The molecule has 0 spiro atoms. The summed E-state index contributed by atoms with van der Waals surface area (Å²) in [6.45, 7) is 2.80. The van der Waals surface area contributed by atoms with Crippen LogP contribution < -0.4 is 14.8 Å². The van der Waals surface area contributed by atoms with Gasteiger partial charge in [0.2, 0.25) is 5.91 Å². The largest absolute Gasteiger partial charge is 0.497 e. The lowest BCUT2D eigenvalue weighted by atomic mass is 9.89. The number of thiophene rings is 1. The number of carbonyl (C=O) groups excluding carboxylic acids is 1. The van der Waals surface area contributed by atoms with Gasteiger partial charge in [-0.25, -0.2) is 0 Å². The van der Waals surface area contributed by atoms with Gasteiger partial charge in [0.25, 0.3) is 0 Å². The van der Waals surface area contributed by atoms with Gasteiger partial charge in [0.15, 0.2) is 0 Å². The summed E-state index contributed by atoms with van der Waals surface area (Å²) < 4.78 is 10.9. The molecular formula is C23H23NO3S. The predicted octanol–water partition coefficient (Wildman–Crippen LogP) is 5.69. The van der Waals surface area contributed by atoms with E-state index in [0.29, 0.717) is 13.0 Å². The second-order valence-electron chi connectivity index (χ2n) is 6.84. The lowest BCUT2D eigenvalue weighted by Crippen LogP contribution is -2.22. The van der Waals surface area contributed by atoms with E-state index in [0.717, 1.165) is 40.3 Å². The summed E-state index contributed by atoms with van der Waals surface area (Å²) in [5.74, 6) is 1.81. The molecule has 0 saturated heterocycles. The molecule has 0 fully saturated rings. The van der Waals surface area contributed by atoms with Crippen molar-refractivity contribution in [1.29, 1.82) is 0 Å². The Labute approximate surface area is 169 Å². The van der Waals surface area contributed by atoms with Crippen LogP contribution in [-0.4, -0.2) is 19.6 Å². The monoisotopic (exact) mass is 393 g/mol. The van der Waals surface area contributed by atoms with Crippen LogP contribution in [0.1, 0.15) is 36.1 Å². The van der Waals surface area contributed by atoms with E-state index in [9.17, 15) is 4.79 Å². The number of rotatable bonds is 6. The van der Waals surface area contributed by atoms with Crippen molar-refractivity contribution in [2.24, 2.45) is 0 Å². The molecule has 0 bridgehead atoms. The van der Waals surface area contributed by atoms with Gasteiger partial charge < -0.3 is 14.8 Å². The Kier molecular flexibility index (Phi) is 5.35. The van der Waals surface area contributed by atoms with E-state index in [4.69, 9.17) is 9.47 Å². The van der Waals surface area contributed by atoms with Crippen LogP contribution >= 0.6 is 11.3 Å². The maximum atomic E-state index is 12.4. The summed E-state index contributed by atoms with van der Waals surface area (Å²) in [4.78, 5) is 13.7. The maximum Gasteiger partial charge on any atom is 0.225 e. The highest BCUT2D eigenvalue weighted by Crippen LogP contribution is 2.46. The first-order chi connectivity index (χ1) is 13.7. The Balaban J connectivity index is 1.66. The Morgan fingerprint density at radius 1 is 1.07 bits per heavy atom. The number of nitrogens with one attached hydrogen (secondary N) is 1. The van der Waals surface area contributed by atoms with E-state index in [-0.39, 0.29) is 11.8 Å². The van der Waals surface area contributed by atoms with Crippen molar-refractivity contribution in [3.8, 4) is 22.6 Å². The average molecular weight is 394 g/mol. The highest BCUT2D eigenvalue weighted by Gasteiger charge is 2.30. The van der Waals surface area contributed by atoms with Crippen LogP contribution in [0.15, 0.2) is 53.9 Å². The van der Waals surface area contributed by atoms with E-state index in [1.807, 2.05) is 36.4 Å². The van der Waals surface area contributed by atoms with Gasteiger partial charge in [-0.15, -0.1) is 11.3 Å². The van der Waals surface area contributed by atoms with E-state index < -0.39 is 0 Å². The fourth-order valence-electron chi connectivity index (χ4n) is 3.50. The van der Waals surface area contributed by atoms with E-state index in [2.05, 4.69) is 29.8 Å². The number of amides is 1. The third-order valence-corrected chi connectivity index (χ3v) is 6.04. The fourth-order valence-corrected chi connectivity index (χ4v) is 4.66. The van der Waals surface area contributed by atoms with Gasteiger partial charge in [0, 0.05) is 28.2 Å². The first-order valence-corrected chi connectivity index (χ1v) is 10.4. The van der Waals surface area contributed by atoms with Gasteiger partial charge in [0.05, 0.1) is 19.4 Å². The van der Waals surface area contributed by atoms with Crippen molar-refractivity contribution < 1.29 is 14.3 Å². The fraction of sp³-hybridized carbons (Fsp3) is 0.261. The summed E-state index contributed by atoms with van der Waals surface area (Å²) in [7, 11) is 1.66. The molecule has 1 atom stereocenters. The zero-order valence-electron chi connectivity index (χ0n) is 16.0. The maximum absolute atomic E-state index is 12.4. The van der Waals surface area contributed by atoms with E-state index >= 15 is 0 Å². The molecule has 4 rings (SSSR count). The second-order valence-corrected chi connectivity index (χ2v) is 7.75. The molecule has 28 heavy (non-hydrogen) atoms. The summed E-state index contributed by atoms with van der Waals surface area (Å²) >= 11 is 1.70. The van der Waals surface area contributed by atoms with E-state index in [1.165, 1.54) is 4.88 Å². The molecule has 0 aliphatic carbocycles. The molecule has 0 saturated carbocycles. The van der Waals surface area contributed by atoms with Crippen molar-refractivity contribution in [3.63, 3.8) is 0 Å². The molecule has 1 aromatic heterocycles. The summed E-state index contributed by atoms with van der Waals surface area (Å²) in [5.41, 5.74) is 4.21. The van der Waals surface area contributed by atoms with Gasteiger partial charge in [-0.2, -0.15) is 0 Å². The number of fused-ring (bicyclic) bond motifs is 1. The SMILES string of the molecule is CCCOc1ccc([C@@H]2CC(=O)Nc3c(-c4ccc(OC)cc4)csc32)cc1. The first-order valence-electron chi connectivity index (χ1n) is 9.48. The first kappa shape index (κ1) is 18.6. The zero-order valence-corrected chi connectivity index (χ0v) is 16.8. The van der Waals surface area contributed by atoms with Crippen molar-refractivity contribution in [2.45, 2.75) is 25.7 Å². The quantitative estimate of drug-likeness (QED) is 0.585. The molecule has 144 valence electrons. The lowest BCUT2D eigenvalue weighted by molar-refractivity contribution is -0.116. The van der Waals surface area contributed by atoms with Crippen molar-refractivity contribution >= 4 is 22.9 Å². The van der Waals surface area contributed by atoms with Crippen LogP contribution in [0.2, 0.25) is 0 Å². The molecule has 1 N–H and O–H groups in total. The highest BCUT2D eigenvalue weighted by atomic mass is 32.1. The minimum absolute atomic E-state index is 0.0528. The predicted molar refractivity (Wildman–Crippen MR) is 114 cm³/mol. The van der Waals surface area contributed by atoms with Crippen LogP contribution in [0.5, 0.6) is 11.5 Å².